The van der Waals surface area contributed by atoms with Crippen LogP contribution in [0.2, 0.25) is 0 Å². The van der Waals surface area contributed by atoms with Crippen LogP contribution >= 0.6 is 0 Å². The van der Waals surface area contributed by atoms with Crippen LogP contribution in [0.4, 0.5) is 11.4 Å². The van der Waals surface area contributed by atoms with Crippen molar-refractivity contribution in [3.63, 3.8) is 0 Å². The van der Waals surface area contributed by atoms with Crippen molar-refractivity contribution in [3.05, 3.63) is 53.6 Å². The first-order chi connectivity index (χ1) is 11.5. The second-order valence-corrected chi connectivity index (χ2v) is 5.02. The van der Waals surface area contributed by atoms with Gasteiger partial charge in [0.25, 0.3) is 5.91 Å². The summed E-state index contributed by atoms with van der Waals surface area (Å²) in [6, 6.07) is 11.4. The normalized spacial score (nSPS) is 9.92. The molecule has 0 radical (unpaired) electrons. The van der Waals surface area contributed by atoms with E-state index in [0.29, 0.717) is 41.1 Å². The molecule has 2 aromatic rings. The Morgan fingerprint density at radius 1 is 1.12 bits per heavy atom. The third-order valence-corrected chi connectivity index (χ3v) is 3.13. The Hall–Kier alpha value is -3.15. The smallest absolute Gasteiger partial charge is 0.255 e. The first kappa shape index (κ1) is 17.2. The zero-order chi connectivity index (χ0) is 17.5. The van der Waals surface area contributed by atoms with Gasteiger partial charge in [-0.2, -0.15) is 0 Å². The van der Waals surface area contributed by atoms with Crippen molar-refractivity contribution in [2.24, 2.45) is 0 Å². The summed E-state index contributed by atoms with van der Waals surface area (Å²) in [6.45, 7) is 3.66. The van der Waals surface area contributed by atoms with E-state index in [4.69, 9.17) is 4.74 Å². The number of hydrogen-bond donors (Lipinski definition) is 2. The van der Waals surface area contributed by atoms with Crippen molar-refractivity contribution in [2.45, 2.75) is 13.8 Å². The fourth-order valence-electron chi connectivity index (χ4n) is 2.14. The Morgan fingerprint density at radius 3 is 2.58 bits per heavy atom. The molecule has 2 rings (SSSR count). The van der Waals surface area contributed by atoms with Gasteiger partial charge in [0.05, 0.1) is 12.3 Å². The number of amides is 2. The van der Waals surface area contributed by atoms with Crippen molar-refractivity contribution in [1.29, 1.82) is 0 Å². The summed E-state index contributed by atoms with van der Waals surface area (Å²) < 4.78 is 5.46. The molecule has 2 N–H and O–H groups in total. The van der Waals surface area contributed by atoms with Crippen LogP contribution < -0.4 is 15.4 Å². The minimum absolute atomic E-state index is 0.218. The van der Waals surface area contributed by atoms with Gasteiger partial charge in [0, 0.05) is 23.7 Å². The van der Waals surface area contributed by atoms with Gasteiger partial charge >= 0.3 is 0 Å². The highest BCUT2D eigenvalue weighted by Gasteiger charge is 2.12. The molecule has 0 atom stereocenters. The molecular weight excluding hydrogens is 308 g/mol. The molecule has 0 bridgehead atoms. The number of benzene rings is 2. The van der Waals surface area contributed by atoms with Crippen LogP contribution in [0.3, 0.4) is 0 Å². The number of rotatable bonds is 6. The van der Waals surface area contributed by atoms with E-state index in [0.717, 1.165) is 0 Å². The van der Waals surface area contributed by atoms with Gasteiger partial charge in [0.1, 0.15) is 12.0 Å². The standard InChI is InChI=1S/C18H18N2O4/c1-3-24-17-8-7-13(11-21)9-16(17)20-18(23)14-5-4-6-15(10-14)19-12(2)22/h4-11H,3H2,1-2H3,(H,19,22)(H,20,23). The van der Waals surface area contributed by atoms with Crippen LogP contribution in [0.25, 0.3) is 0 Å². The van der Waals surface area contributed by atoms with E-state index in [2.05, 4.69) is 10.6 Å². The lowest BCUT2D eigenvalue weighted by Gasteiger charge is -2.12. The predicted molar refractivity (Wildman–Crippen MR) is 91.7 cm³/mol. The minimum atomic E-state index is -0.369. The first-order valence-electron chi connectivity index (χ1n) is 7.44. The quantitative estimate of drug-likeness (QED) is 0.799. The van der Waals surface area contributed by atoms with Gasteiger partial charge in [-0.05, 0) is 43.3 Å². The lowest BCUT2D eigenvalue weighted by molar-refractivity contribution is -0.114. The number of anilines is 2. The number of aldehydes is 1. The fraction of sp³-hybridized carbons (Fsp3) is 0.167. The second kappa shape index (κ2) is 7.92. The zero-order valence-electron chi connectivity index (χ0n) is 13.5. The molecular formula is C18H18N2O4. The molecule has 124 valence electrons. The molecule has 0 saturated carbocycles. The van der Waals surface area contributed by atoms with Crippen LogP contribution in [0, 0.1) is 0 Å². The van der Waals surface area contributed by atoms with Gasteiger partial charge < -0.3 is 15.4 Å². The molecule has 2 aromatic carbocycles. The zero-order valence-corrected chi connectivity index (χ0v) is 13.5. The summed E-state index contributed by atoms with van der Waals surface area (Å²) in [6.07, 6.45) is 0.697. The highest BCUT2D eigenvalue weighted by atomic mass is 16.5. The Labute approximate surface area is 139 Å². The van der Waals surface area contributed by atoms with Crippen molar-refractivity contribution in [3.8, 4) is 5.75 Å². The molecule has 0 fully saturated rings. The average molecular weight is 326 g/mol. The first-order valence-corrected chi connectivity index (χ1v) is 7.44. The highest BCUT2D eigenvalue weighted by molar-refractivity contribution is 6.06. The van der Waals surface area contributed by atoms with Crippen LogP contribution in [-0.2, 0) is 4.79 Å². The van der Waals surface area contributed by atoms with Gasteiger partial charge in [0.15, 0.2) is 0 Å². The molecule has 0 unspecified atom stereocenters. The molecule has 0 aliphatic heterocycles. The number of ether oxygens (including phenoxy) is 1. The van der Waals surface area contributed by atoms with Crippen molar-refractivity contribution < 1.29 is 19.1 Å². The third-order valence-electron chi connectivity index (χ3n) is 3.13. The van der Waals surface area contributed by atoms with Crippen LogP contribution in [0.15, 0.2) is 42.5 Å². The highest BCUT2D eigenvalue weighted by Crippen LogP contribution is 2.26. The maximum absolute atomic E-state index is 12.4. The molecule has 0 aliphatic rings. The summed E-state index contributed by atoms with van der Waals surface area (Å²) in [5, 5.41) is 5.36. The number of carbonyl (C=O) groups excluding carboxylic acids is 3. The molecule has 0 heterocycles. The molecule has 0 aromatic heterocycles. The summed E-state index contributed by atoms with van der Waals surface area (Å²) in [7, 11) is 0. The van der Waals surface area contributed by atoms with Crippen LogP contribution in [0.1, 0.15) is 34.6 Å². The van der Waals surface area contributed by atoms with Gasteiger partial charge in [0.2, 0.25) is 5.91 Å². The summed E-state index contributed by atoms with van der Waals surface area (Å²) in [4.78, 5) is 34.5. The number of carbonyl (C=O) groups is 3. The Morgan fingerprint density at radius 2 is 1.92 bits per heavy atom. The topological polar surface area (TPSA) is 84.5 Å². The second-order valence-electron chi connectivity index (χ2n) is 5.02. The predicted octanol–water partition coefficient (Wildman–Crippen LogP) is 3.11. The van der Waals surface area contributed by atoms with Gasteiger partial charge in [-0.3, -0.25) is 14.4 Å². The SMILES string of the molecule is CCOc1ccc(C=O)cc1NC(=O)c1cccc(NC(C)=O)c1. The summed E-state index contributed by atoms with van der Waals surface area (Å²) in [5.41, 5.74) is 1.75. The maximum atomic E-state index is 12.4. The van der Waals surface area contributed by atoms with Crippen molar-refractivity contribution >= 4 is 29.5 Å². The van der Waals surface area contributed by atoms with Crippen LogP contribution in [-0.4, -0.2) is 24.7 Å². The Bertz CT molecular complexity index is 771. The van der Waals surface area contributed by atoms with E-state index in [1.807, 2.05) is 6.92 Å². The maximum Gasteiger partial charge on any atom is 0.255 e. The Kier molecular flexibility index (Phi) is 5.68. The average Bonchev–Trinajstić information content (AvgIpc) is 2.56. The van der Waals surface area contributed by atoms with E-state index >= 15 is 0 Å². The van der Waals surface area contributed by atoms with E-state index in [1.54, 1.807) is 42.5 Å². The molecule has 6 nitrogen and oxygen atoms in total. The molecule has 6 heteroatoms. The summed E-state index contributed by atoms with van der Waals surface area (Å²) in [5.74, 6) is -0.106. The molecule has 0 spiro atoms. The fourth-order valence-corrected chi connectivity index (χ4v) is 2.14. The van der Waals surface area contributed by atoms with Gasteiger partial charge in [-0.25, -0.2) is 0 Å². The lowest BCUT2D eigenvalue weighted by Crippen LogP contribution is -2.14. The van der Waals surface area contributed by atoms with Crippen molar-refractivity contribution in [1.82, 2.24) is 0 Å². The van der Waals surface area contributed by atoms with Crippen LogP contribution in [0.5, 0.6) is 5.75 Å². The minimum Gasteiger partial charge on any atom is -0.492 e. The van der Waals surface area contributed by atoms with E-state index in [9.17, 15) is 14.4 Å². The van der Waals surface area contributed by atoms with Crippen molar-refractivity contribution in [2.75, 3.05) is 17.2 Å². The van der Waals surface area contributed by atoms with Gasteiger partial charge in [-0.1, -0.05) is 6.07 Å². The number of nitrogens with one attached hydrogen (secondary N) is 2. The van der Waals surface area contributed by atoms with E-state index < -0.39 is 0 Å². The van der Waals surface area contributed by atoms with E-state index in [-0.39, 0.29) is 11.8 Å². The molecule has 24 heavy (non-hydrogen) atoms. The molecule has 2 amide bonds. The third kappa shape index (κ3) is 4.42. The molecule has 0 aliphatic carbocycles. The molecule has 0 saturated heterocycles. The van der Waals surface area contributed by atoms with Gasteiger partial charge in [-0.15, -0.1) is 0 Å². The van der Waals surface area contributed by atoms with E-state index in [1.165, 1.54) is 6.92 Å². The lowest BCUT2D eigenvalue weighted by atomic mass is 10.1. The monoisotopic (exact) mass is 326 g/mol. The number of hydrogen-bond acceptors (Lipinski definition) is 4. The largest absolute Gasteiger partial charge is 0.492 e. The Balaban J connectivity index is 2.25. The summed E-state index contributed by atoms with van der Waals surface area (Å²) >= 11 is 0.